The Balaban J connectivity index is 4.04. The molecule has 0 aliphatic heterocycles. The van der Waals surface area contributed by atoms with E-state index in [2.05, 4.69) is 0 Å². The lowest BCUT2D eigenvalue weighted by Gasteiger charge is -2.18. The summed E-state index contributed by atoms with van der Waals surface area (Å²) in [6.07, 6.45) is -7.74. The van der Waals surface area contributed by atoms with Crippen molar-refractivity contribution in [2.24, 2.45) is 0 Å². The third-order valence-corrected chi connectivity index (χ3v) is 4.87. The summed E-state index contributed by atoms with van der Waals surface area (Å²) >= 11 is 0. The Hall–Kier alpha value is -3.70. The summed E-state index contributed by atoms with van der Waals surface area (Å²) in [5.74, 6) is -2.72. The van der Waals surface area contributed by atoms with Gasteiger partial charge in [-0.25, -0.2) is 9.59 Å². The van der Waals surface area contributed by atoms with Crippen LogP contribution in [-0.4, -0.2) is 123 Å². The van der Waals surface area contributed by atoms with Gasteiger partial charge in [-0.05, 0) is 41.5 Å². The Morgan fingerprint density at radius 2 is 0.733 bits per heavy atom. The van der Waals surface area contributed by atoms with Crippen LogP contribution in [0.1, 0.15) is 67.2 Å². The molecular formula is C28H46O17. The fraction of sp³-hybridized carbons (Fsp3) is 0.786. The van der Waals surface area contributed by atoms with Crippen molar-refractivity contribution in [3.8, 4) is 0 Å². The zero-order chi connectivity index (χ0) is 34.4. The normalized spacial score (nSPS) is 14.8. The highest BCUT2D eigenvalue weighted by molar-refractivity contribution is 5.78. The molecule has 17 heteroatoms. The first-order valence-electron chi connectivity index (χ1n) is 14.4. The van der Waals surface area contributed by atoms with Crippen LogP contribution in [0.5, 0.6) is 0 Å². The lowest BCUT2D eigenvalue weighted by atomic mass is 10.3. The molecule has 0 fully saturated rings. The van der Waals surface area contributed by atoms with Crippen molar-refractivity contribution < 1.29 is 81.6 Å². The van der Waals surface area contributed by atoms with Crippen molar-refractivity contribution in [1.82, 2.24) is 0 Å². The summed E-state index contributed by atoms with van der Waals surface area (Å²) in [6.45, 7) is 7.84. The van der Waals surface area contributed by atoms with Crippen LogP contribution < -0.4 is 0 Å². The fourth-order valence-electron chi connectivity index (χ4n) is 2.85. The molecule has 0 rings (SSSR count). The van der Waals surface area contributed by atoms with Gasteiger partial charge in [-0.1, -0.05) is 0 Å². The molecule has 0 aromatic carbocycles. The van der Waals surface area contributed by atoms with E-state index in [9.17, 15) is 28.8 Å². The van der Waals surface area contributed by atoms with Gasteiger partial charge in [0.15, 0.2) is 0 Å². The summed E-state index contributed by atoms with van der Waals surface area (Å²) in [5, 5.41) is 18.1. The highest BCUT2D eigenvalue weighted by atomic mass is 16.7. The molecule has 17 nitrogen and oxygen atoms in total. The second-order valence-electron chi connectivity index (χ2n) is 10.2. The number of aliphatic hydroxyl groups is 2. The first-order valence-corrected chi connectivity index (χ1v) is 14.4. The number of ether oxygens (including phenoxy) is 9. The van der Waals surface area contributed by atoms with Gasteiger partial charge in [-0.15, -0.1) is 0 Å². The zero-order valence-corrected chi connectivity index (χ0v) is 26.6. The van der Waals surface area contributed by atoms with Crippen LogP contribution in [0.2, 0.25) is 0 Å². The molecule has 45 heavy (non-hydrogen) atoms. The molecule has 0 heterocycles. The summed E-state index contributed by atoms with van der Waals surface area (Å²) in [7, 11) is 0. The molecule has 0 amide bonds. The quantitative estimate of drug-likeness (QED) is 0.124. The van der Waals surface area contributed by atoms with Gasteiger partial charge in [0, 0.05) is 0 Å². The standard InChI is InChI=1S/C28H46O17/c1-17(29)11-38-23(31)7-9-25(33)42-21(5)15-40-27(35)44-19(3)13-37-14-20(4)45-28(36)41-16-22(6)43-26(34)10-8-24(32)39-12-18(2)30/h17-22,29-30H,7-16H2,1-6H3. The van der Waals surface area contributed by atoms with Crippen LogP contribution in [0.25, 0.3) is 0 Å². The number of hydrogen-bond donors (Lipinski definition) is 2. The molecule has 0 bridgehead atoms. The van der Waals surface area contributed by atoms with E-state index in [0.717, 1.165) is 0 Å². The van der Waals surface area contributed by atoms with Gasteiger partial charge < -0.3 is 52.8 Å². The Morgan fingerprint density at radius 1 is 0.422 bits per heavy atom. The molecule has 6 unspecified atom stereocenters. The van der Waals surface area contributed by atoms with E-state index in [1.54, 1.807) is 0 Å². The Morgan fingerprint density at radius 3 is 1.07 bits per heavy atom. The number of hydrogen-bond acceptors (Lipinski definition) is 17. The molecule has 260 valence electrons. The largest absolute Gasteiger partial charge is 0.508 e. The highest BCUT2D eigenvalue weighted by Crippen LogP contribution is 2.05. The van der Waals surface area contributed by atoms with Crippen LogP contribution in [0.3, 0.4) is 0 Å². The van der Waals surface area contributed by atoms with Crippen molar-refractivity contribution in [3.05, 3.63) is 0 Å². The topological polar surface area (TPSA) is 226 Å². The second kappa shape index (κ2) is 23.7. The molecule has 0 spiro atoms. The predicted octanol–water partition coefficient (Wildman–Crippen LogP) is 1.36. The number of carbonyl (C=O) groups is 6. The Bertz CT molecular complexity index is 847. The molecule has 0 aliphatic carbocycles. The van der Waals surface area contributed by atoms with Crippen LogP contribution in [0.15, 0.2) is 0 Å². The van der Waals surface area contributed by atoms with Crippen LogP contribution >= 0.6 is 0 Å². The maximum atomic E-state index is 11.9. The molecule has 2 N–H and O–H groups in total. The third-order valence-electron chi connectivity index (χ3n) is 4.87. The van der Waals surface area contributed by atoms with E-state index < -0.39 is 72.8 Å². The smallest absolute Gasteiger partial charge is 0.463 e. The Labute approximate surface area is 261 Å². The van der Waals surface area contributed by atoms with E-state index in [4.69, 9.17) is 52.8 Å². The van der Waals surface area contributed by atoms with Crippen molar-refractivity contribution >= 4 is 36.2 Å². The van der Waals surface area contributed by atoms with E-state index in [1.165, 1.54) is 41.5 Å². The van der Waals surface area contributed by atoms with Gasteiger partial charge in [0.2, 0.25) is 0 Å². The summed E-state index contributed by atoms with van der Waals surface area (Å²) in [5.41, 5.74) is 0. The number of rotatable bonds is 22. The van der Waals surface area contributed by atoms with Gasteiger partial charge in [0.05, 0.1) is 51.1 Å². The minimum Gasteiger partial charge on any atom is -0.463 e. The molecule has 0 aliphatic rings. The average molecular weight is 655 g/mol. The number of carbonyl (C=O) groups excluding carboxylic acids is 6. The Kier molecular flexibility index (Phi) is 21.7. The van der Waals surface area contributed by atoms with E-state index in [-0.39, 0.29) is 65.3 Å². The lowest BCUT2D eigenvalue weighted by molar-refractivity contribution is -0.155. The molecule has 0 saturated heterocycles. The average Bonchev–Trinajstić information content (AvgIpc) is 2.94. The minimum atomic E-state index is -1.03. The summed E-state index contributed by atoms with van der Waals surface area (Å²) in [6, 6.07) is 0. The van der Waals surface area contributed by atoms with Crippen molar-refractivity contribution in [2.45, 2.75) is 104 Å². The van der Waals surface area contributed by atoms with Gasteiger partial charge in [-0.3, -0.25) is 19.2 Å². The van der Waals surface area contributed by atoms with Crippen LogP contribution in [-0.2, 0) is 61.8 Å². The fourth-order valence-corrected chi connectivity index (χ4v) is 2.85. The molecule has 0 radical (unpaired) electrons. The van der Waals surface area contributed by atoms with E-state index >= 15 is 0 Å². The molecule has 0 aromatic heterocycles. The van der Waals surface area contributed by atoms with E-state index in [0.29, 0.717) is 0 Å². The zero-order valence-electron chi connectivity index (χ0n) is 26.6. The molecule has 0 aromatic rings. The molecular weight excluding hydrogens is 608 g/mol. The maximum absolute atomic E-state index is 11.9. The van der Waals surface area contributed by atoms with Crippen molar-refractivity contribution in [1.29, 1.82) is 0 Å². The summed E-state index contributed by atoms with van der Waals surface area (Å²) < 4.78 is 44.7. The molecule has 6 atom stereocenters. The van der Waals surface area contributed by atoms with Crippen LogP contribution in [0.4, 0.5) is 9.59 Å². The van der Waals surface area contributed by atoms with Gasteiger partial charge in [0.25, 0.3) is 0 Å². The van der Waals surface area contributed by atoms with Crippen molar-refractivity contribution in [2.75, 3.05) is 39.6 Å². The number of esters is 4. The number of aliphatic hydroxyl groups excluding tert-OH is 2. The predicted molar refractivity (Wildman–Crippen MR) is 149 cm³/mol. The lowest BCUT2D eigenvalue weighted by Crippen LogP contribution is -2.28. The van der Waals surface area contributed by atoms with Gasteiger partial charge in [0.1, 0.15) is 50.8 Å². The SMILES string of the molecule is CC(O)COC(=O)CCC(=O)OC(C)COC(=O)OC(C)COCC(C)OC(=O)OCC(C)OC(=O)CCC(=O)OCC(C)O. The van der Waals surface area contributed by atoms with E-state index in [1.807, 2.05) is 0 Å². The first-order chi connectivity index (χ1) is 21.1. The third kappa shape index (κ3) is 25.3. The van der Waals surface area contributed by atoms with Gasteiger partial charge in [-0.2, -0.15) is 0 Å². The summed E-state index contributed by atoms with van der Waals surface area (Å²) in [4.78, 5) is 70.2. The second-order valence-corrected chi connectivity index (χ2v) is 10.2. The molecule has 0 saturated carbocycles. The van der Waals surface area contributed by atoms with Crippen molar-refractivity contribution in [3.63, 3.8) is 0 Å². The maximum Gasteiger partial charge on any atom is 0.508 e. The van der Waals surface area contributed by atoms with Gasteiger partial charge >= 0.3 is 36.2 Å². The highest BCUT2D eigenvalue weighted by Gasteiger charge is 2.19. The monoisotopic (exact) mass is 654 g/mol. The first kappa shape index (κ1) is 41.3. The van der Waals surface area contributed by atoms with Crippen LogP contribution in [0, 0.1) is 0 Å². The minimum absolute atomic E-state index is 0.0624.